The third-order valence-corrected chi connectivity index (χ3v) is 4.56. The molecule has 0 aliphatic heterocycles. The van der Waals surface area contributed by atoms with Gasteiger partial charge in [0.15, 0.2) is 0 Å². The number of ether oxygens (including phenoxy) is 1. The predicted octanol–water partition coefficient (Wildman–Crippen LogP) is 4.36. The van der Waals surface area contributed by atoms with Gasteiger partial charge < -0.3 is 10.1 Å². The summed E-state index contributed by atoms with van der Waals surface area (Å²) in [6.45, 7) is 11.1. The van der Waals surface area contributed by atoms with Crippen molar-refractivity contribution in [3.05, 3.63) is 50.7 Å². The summed E-state index contributed by atoms with van der Waals surface area (Å²) in [5, 5.41) is 3.35. The van der Waals surface area contributed by atoms with Crippen LogP contribution in [0.1, 0.15) is 33.4 Å². The molecule has 2 aromatic rings. The van der Waals surface area contributed by atoms with Crippen LogP contribution in [0.15, 0.2) is 24.3 Å². The Bertz CT molecular complexity index is 574. The first kappa shape index (κ1) is 15.1. The second-order valence-corrected chi connectivity index (χ2v) is 6.34. The normalized spacial score (nSPS) is 10.8. The van der Waals surface area contributed by atoms with E-state index in [0.717, 1.165) is 18.8 Å². The highest BCUT2D eigenvalue weighted by Crippen LogP contribution is 2.27. The minimum atomic E-state index is 0.655. The van der Waals surface area contributed by atoms with E-state index in [1.54, 1.807) is 0 Å². The fourth-order valence-electron chi connectivity index (χ4n) is 2.13. The van der Waals surface area contributed by atoms with Gasteiger partial charge in [-0.1, -0.05) is 19.1 Å². The number of thiophene rings is 1. The Morgan fingerprint density at radius 3 is 2.45 bits per heavy atom. The number of hydrogen-bond donors (Lipinski definition) is 1. The summed E-state index contributed by atoms with van der Waals surface area (Å²) >= 11 is 1.82. The van der Waals surface area contributed by atoms with Crippen LogP contribution in [0.4, 0.5) is 0 Å². The lowest BCUT2D eigenvalue weighted by Crippen LogP contribution is -2.10. The van der Waals surface area contributed by atoms with Crippen molar-refractivity contribution in [1.29, 1.82) is 0 Å². The number of benzene rings is 1. The molecule has 0 atom stereocenters. The van der Waals surface area contributed by atoms with E-state index >= 15 is 0 Å². The summed E-state index contributed by atoms with van der Waals surface area (Å²) in [5.41, 5.74) is 3.73. The van der Waals surface area contributed by atoms with E-state index in [2.05, 4.69) is 57.3 Å². The first-order valence-corrected chi connectivity index (χ1v) is 7.91. The number of rotatable bonds is 6. The van der Waals surface area contributed by atoms with Crippen LogP contribution < -0.4 is 10.1 Å². The van der Waals surface area contributed by atoms with E-state index in [9.17, 15) is 0 Å². The van der Waals surface area contributed by atoms with Crippen LogP contribution in [0.3, 0.4) is 0 Å². The van der Waals surface area contributed by atoms with Gasteiger partial charge in [-0.3, -0.25) is 0 Å². The molecule has 20 heavy (non-hydrogen) atoms. The van der Waals surface area contributed by atoms with Gasteiger partial charge in [0.1, 0.15) is 12.4 Å². The van der Waals surface area contributed by atoms with Gasteiger partial charge in [0.2, 0.25) is 0 Å². The van der Waals surface area contributed by atoms with Gasteiger partial charge in [-0.25, -0.2) is 0 Å². The van der Waals surface area contributed by atoms with Gasteiger partial charge >= 0.3 is 0 Å². The molecule has 1 aromatic heterocycles. The lowest BCUT2D eigenvalue weighted by atomic mass is 10.1. The van der Waals surface area contributed by atoms with Crippen molar-refractivity contribution in [3.63, 3.8) is 0 Å². The molecule has 108 valence electrons. The maximum atomic E-state index is 6.04. The predicted molar refractivity (Wildman–Crippen MR) is 86.7 cm³/mol. The molecule has 1 heterocycles. The van der Waals surface area contributed by atoms with Crippen LogP contribution in [0, 0.1) is 20.8 Å². The van der Waals surface area contributed by atoms with Gasteiger partial charge in [0.05, 0.1) is 0 Å². The van der Waals surface area contributed by atoms with Crippen LogP contribution in [0.2, 0.25) is 0 Å². The first-order valence-electron chi connectivity index (χ1n) is 7.09. The lowest BCUT2D eigenvalue weighted by Gasteiger charge is -2.13. The van der Waals surface area contributed by atoms with Crippen LogP contribution in [0.5, 0.6) is 5.75 Å². The highest BCUT2D eigenvalue weighted by molar-refractivity contribution is 7.11. The Morgan fingerprint density at radius 1 is 1.00 bits per heavy atom. The zero-order chi connectivity index (χ0) is 14.5. The Kier molecular flexibility index (Phi) is 5.21. The molecular formula is C17H23NOS. The molecule has 3 heteroatoms. The Hall–Kier alpha value is -1.32. The summed E-state index contributed by atoms with van der Waals surface area (Å²) in [6.07, 6.45) is 0. The topological polar surface area (TPSA) is 21.3 Å². The monoisotopic (exact) mass is 289 g/mol. The molecule has 0 aliphatic rings. The van der Waals surface area contributed by atoms with Crippen molar-refractivity contribution in [3.8, 4) is 5.75 Å². The van der Waals surface area contributed by atoms with Crippen LogP contribution in [0.25, 0.3) is 0 Å². The highest BCUT2D eigenvalue weighted by Gasteiger charge is 2.07. The average Bonchev–Trinajstić information content (AvgIpc) is 2.89. The maximum Gasteiger partial charge on any atom is 0.125 e. The smallest absolute Gasteiger partial charge is 0.125 e. The van der Waals surface area contributed by atoms with Crippen LogP contribution in [-0.2, 0) is 13.2 Å². The molecular weight excluding hydrogens is 266 g/mol. The molecule has 1 N–H and O–H groups in total. The molecule has 0 aliphatic carbocycles. The van der Waals surface area contributed by atoms with Gasteiger partial charge in [0, 0.05) is 16.3 Å². The maximum absolute atomic E-state index is 6.04. The van der Waals surface area contributed by atoms with Gasteiger partial charge in [-0.15, -0.1) is 11.3 Å². The van der Waals surface area contributed by atoms with E-state index < -0.39 is 0 Å². The molecule has 2 nitrogen and oxygen atoms in total. The molecule has 0 spiro atoms. The molecule has 2 rings (SSSR count). The summed E-state index contributed by atoms with van der Waals surface area (Å²) in [4.78, 5) is 2.64. The zero-order valence-corrected chi connectivity index (χ0v) is 13.6. The van der Waals surface area contributed by atoms with Crippen molar-refractivity contribution in [2.24, 2.45) is 0 Å². The van der Waals surface area contributed by atoms with Crippen molar-refractivity contribution >= 4 is 11.3 Å². The van der Waals surface area contributed by atoms with Crippen LogP contribution in [-0.4, -0.2) is 6.54 Å². The number of hydrogen-bond acceptors (Lipinski definition) is 3. The molecule has 0 saturated heterocycles. The van der Waals surface area contributed by atoms with Crippen LogP contribution >= 0.6 is 11.3 Å². The highest BCUT2D eigenvalue weighted by atomic mass is 32.1. The zero-order valence-electron chi connectivity index (χ0n) is 12.7. The third-order valence-electron chi connectivity index (χ3n) is 3.50. The van der Waals surface area contributed by atoms with E-state index in [-0.39, 0.29) is 0 Å². The number of aryl methyl sites for hydroxylation is 2. The Morgan fingerprint density at radius 2 is 1.70 bits per heavy atom. The van der Waals surface area contributed by atoms with E-state index in [4.69, 9.17) is 4.74 Å². The molecule has 1 aromatic carbocycles. The molecule has 0 unspecified atom stereocenters. The van der Waals surface area contributed by atoms with Gasteiger partial charge in [-0.05, 0) is 56.1 Å². The average molecular weight is 289 g/mol. The SMILES string of the molecule is CCNCc1ccc(COc2c(C)ccc(C)c2C)s1. The van der Waals surface area contributed by atoms with Crippen molar-refractivity contribution in [2.75, 3.05) is 6.54 Å². The van der Waals surface area contributed by atoms with Gasteiger partial charge in [0.25, 0.3) is 0 Å². The minimum Gasteiger partial charge on any atom is -0.488 e. The van der Waals surface area contributed by atoms with Crippen molar-refractivity contribution in [2.45, 2.75) is 40.8 Å². The first-order chi connectivity index (χ1) is 9.61. The summed E-state index contributed by atoms with van der Waals surface area (Å²) in [6, 6.07) is 8.62. The Balaban J connectivity index is 2.02. The fourth-order valence-corrected chi connectivity index (χ4v) is 3.04. The Labute approximate surface area is 125 Å². The molecule has 0 amide bonds. The fraction of sp³-hybridized carbons (Fsp3) is 0.412. The quantitative estimate of drug-likeness (QED) is 0.853. The van der Waals surface area contributed by atoms with Crippen molar-refractivity contribution in [1.82, 2.24) is 5.32 Å². The second kappa shape index (κ2) is 6.91. The largest absolute Gasteiger partial charge is 0.488 e. The molecule has 0 fully saturated rings. The standard InChI is InChI=1S/C17H23NOS/c1-5-18-10-15-8-9-16(20-15)11-19-17-13(3)7-6-12(2)14(17)4/h6-9,18H,5,10-11H2,1-4H3. The summed E-state index contributed by atoms with van der Waals surface area (Å²) in [7, 11) is 0. The minimum absolute atomic E-state index is 0.655. The molecule has 0 saturated carbocycles. The van der Waals surface area contributed by atoms with E-state index in [1.165, 1.54) is 26.4 Å². The number of nitrogens with one attached hydrogen (secondary N) is 1. The molecule has 0 radical (unpaired) electrons. The molecule has 0 bridgehead atoms. The van der Waals surface area contributed by atoms with Gasteiger partial charge in [-0.2, -0.15) is 0 Å². The lowest BCUT2D eigenvalue weighted by molar-refractivity contribution is 0.305. The second-order valence-electron chi connectivity index (χ2n) is 5.09. The van der Waals surface area contributed by atoms with Crippen molar-refractivity contribution < 1.29 is 4.74 Å². The summed E-state index contributed by atoms with van der Waals surface area (Å²) < 4.78 is 6.04. The summed E-state index contributed by atoms with van der Waals surface area (Å²) in [5.74, 6) is 1.03. The third kappa shape index (κ3) is 3.62. The van der Waals surface area contributed by atoms with E-state index in [0.29, 0.717) is 6.61 Å². The van der Waals surface area contributed by atoms with E-state index in [1.807, 2.05) is 11.3 Å².